The minimum atomic E-state index is -0.732. The molecule has 1 aliphatic rings. The van der Waals surface area contributed by atoms with Gasteiger partial charge in [-0.05, 0) is 38.0 Å². The molecule has 1 aromatic heterocycles. The normalized spacial score (nSPS) is 17.3. The van der Waals surface area contributed by atoms with Crippen LogP contribution in [0.4, 0.5) is 0 Å². The van der Waals surface area contributed by atoms with Gasteiger partial charge in [0, 0.05) is 11.9 Å². The molecular formula is C17H19Cl2N3O3. The first-order chi connectivity index (χ1) is 11.9. The van der Waals surface area contributed by atoms with Gasteiger partial charge in [0.2, 0.25) is 5.89 Å². The Kier molecular flexibility index (Phi) is 5.20. The highest BCUT2D eigenvalue weighted by molar-refractivity contribution is 6.35. The second-order valence-corrected chi connectivity index (χ2v) is 7.09. The van der Waals surface area contributed by atoms with Gasteiger partial charge in [-0.1, -0.05) is 41.2 Å². The Balaban J connectivity index is 1.73. The summed E-state index contributed by atoms with van der Waals surface area (Å²) >= 11 is 12.0. The molecule has 1 fully saturated rings. The van der Waals surface area contributed by atoms with E-state index in [4.69, 9.17) is 32.5 Å². The van der Waals surface area contributed by atoms with Gasteiger partial charge in [-0.25, -0.2) is 0 Å². The van der Waals surface area contributed by atoms with E-state index in [9.17, 15) is 4.79 Å². The van der Waals surface area contributed by atoms with Crippen LogP contribution in [0.5, 0.6) is 5.75 Å². The standard InChI is InChI=1S/C17H19Cl2N3O3/c1-10(24-14-6-5-12(18)9-13(14)19)15(23)21-17(7-3-4-8-17)16-20-11(2)25-22-16/h5-6,9-10H,3-4,7-8H2,1-2H3,(H,21,23). The minimum absolute atomic E-state index is 0.254. The van der Waals surface area contributed by atoms with Crippen LogP contribution in [0, 0.1) is 6.92 Å². The Labute approximate surface area is 155 Å². The first-order valence-corrected chi connectivity index (χ1v) is 8.90. The lowest BCUT2D eigenvalue weighted by Gasteiger charge is -2.28. The fourth-order valence-electron chi connectivity index (χ4n) is 3.03. The van der Waals surface area contributed by atoms with Crippen molar-refractivity contribution in [3.63, 3.8) is 0 Å². The summed E-state index contributed by atoms with van der Waals surface area (Å²) in [5.74, 6) is 1.15. The van der Waals surface area contributed by atoms with Gasteiger partial charge < -0.3 is 14.6 Å². The zero-order valence-electron chi connectivity index (χ0n) is 14.0. The van der Waals surface area contributed by atoms with E-state index in [2.05, 4.69) is 15.5 Å². The number of carbonyl (C=O) groups excluding carboxylic acids is 1. The van der Waals surface area contributed by atoms with Crippen molar-refractivity contribution in [3.8, 4) is 5.75 Å². The van der Waals surface area contributed by atoms with Crippen molar-refractivity contribution in [3.05, 3.63) is 40.0 Å². The zero-order chi connectivity index (χ0) is 18.0. The molecule has 1 aliphatic carbocycles. The van der Waals surface area contributed by atoms with Crippen LogP contribution >= 0.6 is 23.2 Å². The fraction of sp³-hybridized carbons (Fsp3) is 0.471. The third kappa shape index (κ3) is 3.90. The average molecular weight is 384 g/mol. The molecule has 6 nitrogen and oxygen atoms in total. The molecule has 25 heavy (non-hydrogen) atoms. The Morgan fingerprint density at radius 1 is 1.36 bits per heavy atom. The van der Waals surface area contributed by atoms with E-state index in [1.165, 1.54) is 0 Å². The van der Waals surface area contributed by atoms with Crippen LogP contribution in [-0.4, -0.2) is 22.2 Å². The van der Waals surface area contributed by atoms with Crippen molar-refractivity contribution in [1.82, 2.24) is 15.5 Å². The van der Waals surface area contributed by atoms with Crippen LogP contribution in [0.2, 0.25) is 10.0 Å². The molecule has 0 saturated heterocycles. The van der Waals surface area contributed by atoms with Crippen LogP contribution in [0.25, 0.3) is 0 Å². The van der Waals surface area contributed by atoms with Gasteiger partial charge in [-0.15, -0.1) is 0 Å². The lowest BCUT2D eigenvalue weighted by atomic mass is 9.96. The maximum Gasteiger partial charge on any atom is 0.261 e. The van der Waals surface area contributed by atoms with Crippen LogP contribution in [0.3, 0.4) is 0 Å². The second-order valence-electron chi connectivity index (χ2n) is 6.25. The molecule has 0 aliphatic heterocycles. The van der Waals surface area contributed by atoms with E-state index in [0.29, 0.717) is 27.5 Å². The number of halogens is 2. The number of aryl methyl sites for hydroxylation is 1. The number of nitrogens with one attached hydrogen (secondary N) is 1. The monoisotopic (exact) mass is 383 g/mol. The Hall–Kier alpha value is -1.79. The molecule has 134 valence electrons. The summed E-state index contributed by atoms with van der Waals surface area (Å²) in [6.45, 7) is 3.40. The zero-order valence-corrected chi connectivity index (χ0v) is 15.5. The Morgan fingerprint density at radius 2 is 2.08 bits per heavy atom. The topological polar surface area (TPSA) is 77.2 Å². The molecule has 1 aromatic carbocycles. The summed E-state index contributed by atoms with van der Waals surface area (Å²) < 4.78 is 10.8. The molecule has 1 amide bonds. The highest BCUT2D eigenvalue weighted by atomic mass is 35.5. The number of hydrogen-bond acceptors (Lipinski definition) is 5. The van der Waals surface area contributed by atoms with Crippen LogP contribution in [-0.2, 0) is 10.3 Å². The number of hydrogen-bond donors (Lipinski definition) is 1. The SMILES string of the molecule is Cc1nc(C2(NC(=O)C(C)Oc3ccc(Cl)cc3Cl)CCCC2)no1. The summed E-state index contributed by atoms with van der Waals surface area (Å²) in [7, 11) is 0. The highest BCUT2D eigenvalue weighted by Crippen LogP contribution is 2.37. The molecule has 0 bridgehead atoms. The number of amides is 1. The van der Waals surface area contributed by atoms with E-state index in [1.807, 2.05) is 0 Å². The summed E-state index contributed by atoms with van der Waals surface area (Å²) in [5.41, 5.74) is -0.601. The maximum absolute atomic E-state index is 12.7. The molecule has 8 heteroatoms. The van der Waals surface area contributed by atoms with E-state index >= 15 is 0 Å². The first kappa shape index (κ1) is 18.0. The van der Waals surface area contributed by atoms with Crippen molar-refractivity contribution in [2.75, 3.05) is 0 Å². The molecule has 1 N–H and O–H groups in total. The van der Waals surface area contributed by atoms with E-state index in [-0.39, 0.29) is 5.91 Å². The molecule has 1 atom stereocenters. The smallest absolute Gasteiger partial charge is 0.261 e. The number of rotatable bonds is 5. The van der Waals surface area contributed by atoms with Gasteiger partial charge in [0.1, 0.15) is 11.3 Å². The van der Waals surface area contributed by atoms with E-state index < -0.39 is 11.6 Å². The first-order valence-electron chi connectivity index (χ1n) is 8.14. The molecular weight excluding hydrogens is 365 g/mol. The summed E-state index contributed by atoms with van der Waals surface area (Å²) in [4.78, 5) is 17.0. The predicted molar refractivity (Wildman–Crippen MR) is 93.9 cm³/mol. The Bertz CT molecular complexity index is 772. The molecule has 3 rings (SSSR count). The summed E-state index contributed by atoms with van der Waals surface area (Å²) in [6, 6.07) is 4.87. The van der Waals surface area contributed by atoms with Gasteiger partial charge in [-0.3, -0.25) is 4.79 Å². The fourth-order valence-corrected chi connectivity index (χ4v) is 3.48. The average Bonchev–Trinajstić information content (AvgIpc) is 3.20. The summed E-state index contributed by atoms with van der Waals surface area (Å²) in [6.07, 6.45) is 2.79. The van der Waals surface area contributed by atoms with E-state index in [1.54, 1.807) is 32.0 Å². The van der Waals surface area contributed by atoms with Gasteiger partial charge in [0.25, 0.3) is 5.91 Å². The molecule has 0 spiro atoms. The van der Waals surface area contributed by atoms with Gasteiger partial charge in [0.15, 0.2) is 11.9 Å². The maximum atomic E-state index is 12.7. The number of benzene rings is 1. The van der Waals surface area contributed by atoms with Crippen molar-refractivity contribution < 1.29 is 14.1 Å². The number of nitrogens with zero attached hydrogens (tertiary/aromatic N) is 2. The third-order valence-electron chi connectivity index (χ3n) is 4.34. The van der Waals surface area contributed by atoms with Crippen molar-refractivity contribution in [1.29, 1.82) is 0 Å². The highest BCUT2D eigenvalue weighted by Gasteiger charge is 2.42. The molecule has 1 unspecified atom stereocenters. The van der Waals surface area contributed by atoms with Crippen molar-refractivity contribution in [2.24, 2.45) is 0 Å². The lowest BCUT2D eigenvalue weighted by molar-refractivity contribution is -0.129. The quantitative estimate of drug-likeness (QED) is 0.842. The molecule has 2 aromatic rings. The number of ether oxygens (including phenoxy) is 1. The van der Waals surface area contributed by atoms with Gasteiger partial charge in [0.05, 0.1) is 5.02 Å². The van der Waals surface area contributed by atoms with Gasteiger partial charge >= 0.3 is 0 Å². The summed E-state index contributed by atoms with van der Waals surface area (Å²) in [5, 5.41) is 7.93. The lowest BCUT2D eigenvalue weighted by Crippen LogP contribution is -2.49. The van der Waals surface area contributed by atoms with Crippen molar-refractivity contribution in [2.45, 2.75) is 51.2 Å². The largest absolute Gasteiger partial charge is 0.479 e. The molecule has 1 heterocycles. The molecule has 1 saturated carbocycles. The van der Waals surface area contributed by atoms with Crippen molar-refractivity contribution >= 4 is 29.1 Å². The number of aromatic nitrogens is 2. The van der Waals surface area contributed by atoms with Crippen LogP contribution in [0.1, 0.15) is 44.3 Å². The minimum Gasteiger partial charge on any atom is -0.479 e. The van der Waals surface area contributed by atoms with Gasteiger partial charge in [-0.2, -0.15) is 4.98 Å². The third-order valence-corrected chi connectivity index (χ3v) is 4.87. The van der Waals surface area contributed by atoms with Crippen LogP contribution in [0.15, 0.2) is 22.7 Å². The predicted octanol–water partition coefficient (Wildman–Crippen LogP) is 4.04. The molecule has 0 radical (unpaired) electrons. The van der Waals surface area contributed by atoms with Crippen LogP contribution < -0.4 is 10.1 Å². The second kappa shape index (κ2) is 7.22. The number of carbonyl (C=O) groups is 1. The Morgan fingerprint density at radius 3 is 2.68 bits per heavy atom. The van der Waals surface area contributed by atoms with E-state index in [0.717, 1.165) is 25.7 Å².